The Balaban J connectivity index is 1.62. The van der Waals surface area contributed by atoms with E-state index >= 15 is 0 Å². The largest absolute Gasteiger partial charge is 0.507 e. The number of hydrogen-bond acceptors (Lipinski definition) is 9. The van der Waals surface area contributed by atoms with Crippen molar-refractivity contribution in [3.05, 3.63) is 42.0 Å². The van der Waals surface area contributed by atoms with E-state index in [1.54, 1.807) is 38.1 Å². The Hall–Kier alpha value is -4.42. The molecule has 13 nitrogen and oxygen atoms in total. The van der Waals surface area contributed by atoms with Gasteiger partial charge in [0.2, 0.25) is 23.6 Å². The van der Waals surface area contributed by atoms with Gasteiger partial charge in [-0.15, -0.1) is 0 Å². The first kappa shape index (κ1) is 35.1. The Morgan fingerprint density at radius 1 is 1.22 bits per heavy atom. The minimum atomic E-state index is -1.37. The molecule has 1 aromatic carbocycles. The smallest absolute Gasteiger partial charge is 0.328 e. The lowest BCUT2D eigenvalue weighted by Gasteiger charge is -2.24. The number of aliphatic imine (C=N–C) groups is 1. The molecular weight excluding hydrogens is 582 g/mol. The second kappa shape index (κ2) is 17.2. The van der Waals surface area contributed by atoms with Gasteiger partial charge in [0.15, 0.2) is 5.54 Å². The molecule has 4 unspecified atom stereocenters. The van der Waals surface area contributed by atoms with Crippen LogP contribution in [0.5, 0.6) is 5.75 Å². The van der Waals surface area contributed by atoms with E-state index in [1.807, 2.05) is 6.92 Å². The number of rotatable bonds is 15. The molecule has 45 heavy (non-hydrogen) atoms. The lowest BCUT2D eigenvalue weighted by molar-refractivity contribution is -0.154. The van der Waals surface area contributed by atoms with Crippen LogP contribution in [0.3, 0.4) is 0 Å². The van der Waals surface area contributed by atoms with E-state index in [1.165, 1.54) is 12.1 Å². The fourth-order valence-corrected chi connectivity index (χ4v) is 4.85. The number of phenolic OH excluding ortho intramolecular Hbond substituents is 1. The van der Waals surface area contributed by atoms with Crippen molar-refractivity contribution in [3.63, 3.8) is 0 Å². The Morgan fingerprint density at radius 3 is 2.76 bits per heavy atom. The van der Waals surface area contributed by atoms with Crippen LogP contribution in [0.25, 0.3) is 0 Å². The van der Waals surface area contributed by atoms with Gasteiger partial charge in [0.25, 0.3) is 5.91 Å². The minimum absolute atomic E-state index is 0.0441. The van der Waals surface area contributed by atoms with Gasteiger partial charge in [0, 0.05) is 13.1 Å². The van der Waals surface area contributed by atoms with Crippen molar-refractivity contribution in [2.45, 2.75) is 95.9 Å². The molecule has 2 aliphatic heterocycles. The highest BCUT2D eigenvalue weighted by molar-refractivity contribution is 6.02. The Labute approximate surface area is 263 Å². The van der Waals surface area contributed by atoms with Crippen molar-refractivity contribution in [2.75, 3.05) is 19.7 Å². The zero-order valence-corrected chi connectivity index (χ0v) is 26.2. The van der Waals surface area contributed by atoms with Crippen molar-refractivity contribution in [2.24, 2.45) is 4.99 Å². The quantitative estimate of drug-likeness (QED) is 0.111. The van der Waals surface area contributed by atoms with Gasteiger partial charge in [-0.05, 0) is 77.0 Å². The molecule has 3 rings (SSSR count). The number of esters is 1. The standard InChI is InChI=1S/C32H45N5O8/c1-4-5-16-26(39)33-17-10-9-14-24(30(42)45-21(2)19-27(40)35-23-13-8-11-18-34-28(23)41)36-31(43)32(3)20-44-29(37-32)22-12-6-7-15-25(22)38/h5-7,12,15-16,21,23-24,38H,4,8-11,13-14,17-20H2,1-3H3,(H,33,39)(H,34,41)(H,35,40)(H,36,43)/b16-5-. The van der Waals surface area contributed by atoms with E-state index in [9.17, 15) is 29.1 Å². The summed E-state index contributed by atoms with van der Waals surface area (Å²) < 4.78 is 11.2. The number of para-hydroxylation sites is 1. The van der Waals surface area contributed by atoms with Gasteiger partial charge in [-0.3, -0.25) is 19.2 Å². The summed E-state index contributed by atoms with van der Waals surface area (Å²) in [6, 6.07) is 4.77. The maximum absolute atomic E-state index is 13.4. The molecule has 4 atom stereocenters. The number of benzene rings is 1. The lowest BCUT2D eigenvalue weighted by Crippen LogP contribution is -2.51. The topological polar surface area (TPSA) is 185 Å². The Morgan fingerprint density at radius 2 is 2.00 bits per heavy atom. The third-order valence-corrected chi connectivity index (χ3v) is 7.44. The second-order valence-electron chi connectivity index (χ2n) is 11.5. The fraction of sp³-hybridized carbons (Fsp3) is 0.562. The molecule has 2 heterocycles. The molecule has 0 radical (unpaired) electrons. The number of unbranched alkanes of at least 4 members (excludes halogenated alkanes) is 1. The predicted octanol–water partition coefficient (Wildman–Crippen LogP) is 1.77. The number of allylic oxidation sites excluding steroid dienone is 1. The van der Waals surface area contributed by atoms with Crippen LogP contribution >= 0.6 is 0 Å². The first-order valence-electron chi connectivity index (χ1n) is 15.6. The summed E-state index contributed by atoms with van der Waals surface area (Å²) in [7, 11) is 0. The van der Waals surface area contributed by atoms with Crippen molar-refractivity contribution < 1.29 is 38.6 Å². The van der Waals surface area contributed by atoms with Crippen LogP contribution in [0, 0.1) is 0 Å². The molecule has 4 amide bonds. The van der Waals surface area contributed by atoms with Crippen molar-refractivity contribution >= 4 is 35.5 Å². The van der Waals surface area contributed by atoms with Gasteiger partial charge >= 0.3 is 5.97 Å². The zero-order chi connectivity index (χ0) is 32.8. The number of amides is 4. The van der Waals surface area contributed by atoms with Gasteiger partial charge < -0.3 is 35.8 Å². The Kier molecular flexibility index (Phi) is 13.4. The summed E-state index contributed by atoms with van der Waals surface area (Å²) >= 11 is 0. The summed E-state index contributed by atoms with van der Waals surface area (Å²) in [5.41, 5.74) is -1.03. The van der Waals surface area contributed by atoms with Crippen LogP contribution in [0.1, 0.15) is 77.7 Å². The predicted molar refractivity (Wildman–Crippen MR) is 166 cm³/mol. The first-order chi connectivity index (χ1) is 21.5. The first-order valence-corrected chi connectivity index (χ1v) is 15.6. The lowest BCUT2D eigenvalue weighted by atomic mass is 10.0. The van der Waals surface area contributed by atoms with Gasteiger partial charge in [-0.25, -0.2) is 9.79 Å². The average Bonchev–Trinajstić information content (AvgIpc) is 3.30. The van der Waals surface area contributed by atoms with Crippen LogP contribution in [0.2, 0.25) is 0 Å². The third kappa shape index (κ3) is 10.9. The zero-order valence-electron chi connectivity index (χ0n) is 26.2. The van der Waals surface area contributed by atoms with Crippen LogP contribution in [0.15, 0.2) is 41.4 Å². The van der Waals surface area contributed by atoms with E-state index in [0.717, 1.165) is 19.3 Å². The average molecular weight is 628 g/mol. The minimum Gasteiger partial charge on any atom is -0.507 e. The highest BCUT2D eigenvalue weighted by Gasteiger charge is 2.42. The van der Waals surface area contributed by atoms with E-state index in [2.05, 4.69) is 26.3 Å². The molecule has 246 valence electrons. The monoisotopic (exact) mass is 627 g/mol. The van der Waals surface area contributed by atoms with E-state index < -0.39 is 41.5 Å². The summed E-state index contributed by atoms with van der Waals surface area (Å²) in [6.45, 7) is 5.91. The molecule has 0 aromatic heterocycles. The number of aromatic hydroxyl groups is 1. The van der Waals surface area contributed by atoms with Gasteiger partial charge in [-0.2, -0.15) is 0 Å². The van der Waals surface area contributed by atoms with Crippen LogP contribution in [0.4, 0.5) is 0 Å². The highest BCUT2D eigenvalue weighted by atomic mass is 16.5. The highest BCUT2D eigenvalue weighted by Crippen LogP contribution is 2.26. The number of hydrogen-bond donors (Lipinski definition) is 5. The van der Waals surface area contributed by atoms with Crippen molar-refractivity contribution in [1.82, 2.24) is 21.3 Å². The number of carbonyl (C=O) groups is 5. The molecule has 2 aliphatic rings. The molecule has 0 aliphatic carbocycles. The molecule has 1 fully saturated rings. The van der Waals surface area contributed by atoms with Gasteiger partial charge in [0.05, 0.1) is 12.0 Å². The van der Waals surface area contributed by atoms with E-state index in [4.69, 9.17) is 9.47 Å². The number of carbonyl (C=O) groups excluding carboxylic acids is 5. The van der Waals surface area contributed by atoms with Gasteiger partial charge in [0.1, 0.15) is 30.5 Å². The van der Waals surface area contributed by atoms with Crippen LogP contribution in [-0.4, -0.2) is 84.0 Å². The van der Waals surface area contributed by atoms with Crippen molar-refractivity contribution in [3.8, 4) is 5.75 Å². The summed E-state index contributed by atoms with van der Waals surface area (Å²) in [6.07, 6.45) is 6.38. The Bertz CT molecular complexity index is 1280. The van der Waals surface area contributed by atoms with E-state index in [-0.39, 0.29) is 42.9 Å². The SMILES string of the molecule is CC/C=C\C(=O)NCCCCC(NC(=O)C1(C)COC(c2ccccc2O)=N1)C(=O)OC(C)CC(=O)NC1CCCCNC1=O. The number of ether oxygens (including phenoxy) is 2. The molecule has 13 heteroatoms. The molecule has 0 spiro atoms. The van der Waals surface area contributed by atoms with Crippen LogP contribution < -0.4 is 21.3 Å². The van der Waals surface area contributed by atoms with Crippen molar-refractivity contribution in [1.29, 1.82) is 0 Å². The maximum Gasteiger partial charge on any atom is 0.328 e. The number of nitrogens with zero attached hydrogens (tertiary/aromatic N) is 1. The van der Waals surface area contributed by atoms with Crippen LogP contribution in [-0.2, 0) is 33.4 Å². The summed E-state index contributed by atoms with van der Waals surface area (Å²) in [4.78, 5) is 67.8. The molecule has 0 bridgehead atoms. The summed E-state index contributed by atoms with van der Waals surface area (Å²) in [5.74, 6) is -2.09. The normalized spacial score (nSPS) is 21.0. The second-order valence-corrected chi connectivity index (χ2v) is 11.5. The summed E-state index contributed by atoms with van der Waals surface area (Å²) in [5, 5.41) is 21.2. The molecule has 1 aromatic rings. The van der Waals surface area contributed by atoms with Gasteiger partial charge in [-0.1, -0.05) is 25.1 Å². The molecule has 0 saturated carbocycles. The molecule has 1 saturated heterocycles. The maximum atomic E-state index is 13.4. The number of phenols is 1. The number of nitrogens with one attached hydrogen (secondary N) is 4. The molecular formula is C32H45N5O8. The molecule has 5 N–H and O–H groups in total. The van der Waals surface area contributed by atoms with E-state index in [0.29, 0.717) is 37.9 Å². The fourth-order valence-electron chi connectivity index (χ4n) is 4.85. The third-order valence-electron chi connectivity index (χ3n) is 7.44.